The molecule has 2 nitrogen and oxygen atoms in total. The third kappa shape index (κ3) is 4.88. The number of carbonyl (C=O) groups is 2. The highest BCUT2D eigenvalue weighted by Crippen LogP contribution is 2.47. The number of aryl methyl sites for hydroxylation is 1. The van der Waals surface area contributed by atoms with Gasteiger partial charge in [0, 0.05) is 5.56 Å². The van der Waals surface area contributed by atoms with E-state index >= 15 is 0 Å². The van der Waals surface area contributed by atoms with Gasteiger partial charge in [0.2, 0.25) is 5.78 Å². The number of hydrogen-bond donors (Lipinski definition) is 0. The lowest BCUT2D eigenvalue weighted by Crippen LogP contribution is -2.56. The van der Waals surface area contributed by atoms with Crippen molar-refractivity contribution in [3.8, 4) is 22.3 Å². The molecule has 0 fully saturated rings. The molecular weight excluding hydrogens is 465 g/mol. The number of rotatable bonds is 7. The number of benzene rings is 3. The molecule has 0 N–H and O–H groups in total. The summed E-state index contributed by atoms with van der Waals surface area (Å²) >= 11 is 0. The van der Waals surface area contributed by atoms with E-state index in [2.05, 4.69) is 0 Å². The van der Waals surface area contributed by atoms with Crippen LogP contribution >= 0.6 is 0 Å². The Bertz CT molecular complexity index is 1180. The summed E-state index contributed by atoms with van der Waals surface area (Å²) in [5.74, 6) is -16.8. The number of carbonyl (C=O) groups excluding carboxylic acids is 2. The Labute approximate surface area is 190 Å². The number of Topliss-reactive ketones (excluding diaryl/α,β-unsaturated/α-hetero) is 2. The lowest BCUT2D eigenvalue weighted by Gasteiger charge is -2.26. The molecule has 0 aliphatic rings. The van der Waals surface area contributed by atoms with Gasteiger partial charge in [-0.2, -0.15) is 30.7 Å². The molecule has 0 saturated heterocycles. The maximum absolute atomic E-state index is 13.5. The average Bonchev–Trinajstić information content (AvgIpc) is 2.79. The van der Waals surface area contributed by atoms with E-state index in [1.807, 2.05) is 55.5 Å². The predicted molar refractivity (Wildman–Crippen MR) is 112 cm³/mol. The minimum Gasteiger partial charge on any atom is -0.294 e. The lowest BCUT2D eigenvalue weighted by atomic mass is 9.96. The van der Waals surface area contributed by atoms with Crippen LogP contribution in [0.5, 0.6) is 0 Å². The van der Waals surface area contributed by atoms with E-state index in [1.54, 1.807) is 0 Å². The molecule has 0 radical (unpaired) electrons. The van der Waals surface area contributed by atoms with Gasteiger partial charge in [0.05, 0.1) is 6.42 Å². The fourth-order valence-corrected chi connectivity index (χ4v) is 3.16. The fraction of sp³-hybridized carbons (Fsp3) is 0.200. The van der Waals surface area contributed by atoms with Gasteiger partial charge < -0.3 is 0 Å². The minimum atomic E-state index is -6.65. The van der Waals surface area contributed by atoms with Crippen molar-refractivity contribution >= 4 is 11.6 Å². The Morgan fingerprint density at radius 2 is 0.971 bits per heavy atom. The SMILES string of the molecule is Cc1ccc(-c2ccc(-c3ccc(C(=O)CC(=O)C(F)(F)C(F)(F)C(F)(F)F)cc3)cc2)cc1. The summed E-state index contributed by atoms with van der Waals surface area (Å²) in [6, 6.07) is 20.5. The van der Waals surface area contributed by atoms with E-state index in [-0.39, 0.29) is 5.56 Å². The van der Waals surface area contributed by atoms with Crippen molar-refractivity contribution in [2.45, 2.75) is 31.4 Å². The quantitative estimate of drug-likeness (QED) is 0.201. The number of hydrogen-bond acceptors (Lipinski definition) is 2. The normalized spacial score (nSPS) is 12.5. The van der Waals surface area contributed by atoms with E-state index in [1.165, 1.54) is 24.3 Å². The summed E-state index contributed by atoms with van der Waals surface area (Å²) in [5.41, 5.74) is 4.20. The molecule has 0 aromatic heterocycles. The van der Waals surface area contributed by atoms with Gasteiger partial charge in [0.15, 0.2) is 5.78 Å². The van der Waals surface area contributed by atoms with Gasteiger partial charge in [-0.15, -0.1) is 0 Å². The second-order valence-corrected chi connectivity index (χ2v) is 7.69. The van der Waals surface area contributed by atoms with Crippen molar-refractivity contribution in [3.05, 3.63) is 83.9 Å². The first-order valence-electron chi connectivity index (χ1n) is 9.90. The average molecular weight is 482 g/mol. The van der Waals surface area contributed by atoms with Crippen LogP contribution in [0.4, 0.5) is 30.7 Å². The molecule has 0 aliphatic heterocycles. The van der Waals surface area contributed by atoms with Gasteiger partial charge in [-0.05, 0) is 29.2 Å². The number of alkyl halides is 7. The lowest BCUT2D eigenvalue weighted by molar-refractivity contribution is -0.343. The molecule has 3 rings (SSSR count). The molecule has 0 atom stereocenters. The molecule has 0 saturated carbocycles. The van der Waals surface area contributed by atoms with Crippen LogP contribution in [0.2, 0.25) is 0 Å². The molecule has 0 aliphatic carbocycles. The van der Waals surface area contributed by atoms with E-state index < -0.39 is 36.0 Å². The molecule has 9 heteroatoms. The van der Waals surface area contributed by atoms with Gasteiger partial charge in [-0.25, -0.2) is 0 Å². The first-order valence-corrected chi connectivity index (χ1v) is 9.90. The Balaban J connectivity index is 1.72. The Hall–Kier alpha value is -3.49. The van der Waals surface area contributed by atoms with Gasteiger partial charge >= 0.3 is 18.0 Å². The summed E-state index contributed by atoms with van der Waals surface area (Å²) < 4.78 is 89.6. The summed E-state index contributed by atoms with van der Waals surface area (Å²) in [5, 5.41) is 0. The fourth-order valence-electron chi connectivity index (χ4n) is 3.16. The summed E-state index contributed by atoms with van der Waals surface area (Å²) in [6.45, 7) is 1.97. The highest BCUT2D eigenvalue weighted by atomic mass is 19.4. The first kappa shape index (κ1) is 25.1. The molecule has 0 spiro atoms. The Morgan fingerprint density at radius 1 is 0.618 bits per heavy atom. The standard InChI is InChI=1S/C25H17F7O2/c1-15-2-4-16(5-3-15)17-6-8-18(9-7-17)19-10-12-20(13-11-19)21(33)14-22(34)23(26,27)24(28,29)25(30,31)32/h2-13H,14H2,1H3. The van der Waals surface area contributed by atoms with Gasteiger partial charge in [-0.3, -0.25) is 9.59 Å². The summed E-state index contributed by atoms with van der Waals surface area (Å²) in [4.78, 5) is 23.5. The summed E-state index contributed by atoms with van der Waals surface area (Å²) in [6.07, 6.45) is -8.45. The zero-order chi connectivity index (χ0) is 25.3. The second-order valence-electron chi connectivity index (χ2n) is 7.69. The van der Waals surface area contributed by atoms with Crippen molar-refractivity contribution in [2.24, 2.45) is 0 Å². The molecular formula is C25H17F7O2. The van der Waals surface area contributed by atoms with Crippen LogP contribution in [-0.2, 0) is 4.79 Å². The molecule has 178 valence electrons. The number of halogens is 7. The van der Waals surface area contributed by atoms with E-state index in [9.17, 15) is 40.3 Å². The van der Waals surface area contributed by atoms with Crippen molar-refractivity contribution in [3.63, 3.8) is 0 Å². The van der Waals surface area contributed by atoms with Crippen LogP contribution in [0.1, 0.15) is 22.3 Å². The van der Waals surface area contributed by atoms with Crippen LogP contribution in [0, 0.1) is 6.92 Å². The maximum Gasteiger partial charge on any atom is 0.460 e. The molecule has 3 aromatic carbocycles. The first-order chi connectivity index (χ1) is 15.7. The highest BCUT2D eigenvalue weighted by molar-refractivity contribution is 6.10. The zero-order valence-corrected chi connectivity index (χ0v) is 17.6. The van der Waals surface area contributed by atoms with Gasteiger partial charge in [-0.1, -0.05) is 78.4 Å². The maximum atomic E-state index is 13.5. The molecule has 3 aromatic rings. The van der Waals surface area contributed by atoms with Crippen LogP contribution in [0.25, 0.3) is 22.3 Å². The highest BCUT2D eigenvalue weighted by Gasteiger charge is 2.75. The predicted octanol–water partition coefficient (Wildman–Crippen LogP) is 7.30. The van der Waals surface area contributed by atoms with Crippen LogP contribution in [-0.4, -0.2) is 29.6 Å². The summed E-state index contributed by atoms with van der Waals surface area (Å²) in [7, 11) is 0. The van der Waals surface area contributed by atoms with Gasteiger partial charge in [0.25, 0.3) is 0 Å². The monoisotopic (exact) mass is 482 g/mol. The number of ketones is 2. The van der Waals surface area contributed by atoms with Crippen molar-refractivity contribution in [1.29, 1.82) is 0 Å². The van der Waals surface area contributed by atoms with Crippen LogP contribution in [0.15, 0.2) is 72.8 Å². The van der Waals surface area contributed by atoms with E-state index in [0.717, 1.165) is 22.3 Å². The Kier molecular flexibility index (Phi) is 6.68. The largest absolute Gasteiger partial charge is 0.460 e. The van der Waals surface area contributed by atoms with Crippen molar-refractivity contribution in [1.82, 2.24) is 0 Å². The third-order valence-corrected chi connectivity index (χ3v) is 5.23. The molecule has 0 heterocycles. The molecule has 0 bridgehead atoms. The molecule has 34 heavy (non-hydrogen) atoms. The van der Waals surface area contributed by atoms with Crippen molar-refractivity contribution in [2.75, 3.05) is 0 Å². The van der Waals surface area contributed by atoms with Crippen molar-refractivity contribution < 1.29 is 40.3 Å². The van der Waals surface area contributed by atoms with E-state index in [0.29, 0.717) is 5.56 Å². The van der Waals surface area contributed by atoms with Crippen LogP contribution < -0.4 is 0 Å². The Morgan fingerprint density at radius 3 is 1.35 bits per heavy atom. The second kappa shape index (κ2) is 9.04. The van der Waals surface area contributed by atoms with Crippen LogP contribution in [0.3, 0.4) is 0 Å². The topological polar surface area (TPSA) is 34.1 Å². The van der Waals surface area contributed by atoms with E-state index in [4.69, 9.17) is 0 Å². The zero-order valence-electron chi connectivity index (χ0n) is 17.6. The van der Waals surface area contributed by atoms with Gasteiger partial charge in [0.1, 0.15) is 0 Å². The molecule has 0 amide bonds. The molecule has 0 unspecified atom stereocenters. The third-order valence-electron chi connectivity index (χ3n) is 5.23. The smallest absolute Gasteiger partial charge is 0.294 e. The minimum absolute atomic E-state index is 0.278.